The largest absolute Gasteiger partial charge is 0.325 e. The Morgan fingerprint density at radius 3 is 2.40 bits per heavy atom. The molecular weight excluding hydrogens is 382 g/mol. The summed E-state index contributed by atoms with van der Waals surface area (Å²) in [5, 5.41) is 7.32. The number of hydrogen-bond acceptors (Lipinski definition) is 5. The van der Waals surface area contributed by atoms with Gasteiger partial charge >= 0.3 is 0 Å². The fourth-order valence-corrected chi connectivity index (χ4v) is 3.08. The zero-order chi connectivity index (χ0) is 21.3. The molecule has 0 aliphatic carbocycles. The maximum Gasteiger partial charge on any atom is 0.264 e. The van der Waals surface area contributed by atoms with Crippen molar-refractivity contribution in [3.05, 3.63) is 82.5 Å². The molecule has 150 valence electrons. The van der Waals surface area contributed by atoms with E-state index in [4.69, 9.17) is 0 Å². The highest BCUT2D eigenvalue weighted by molar-refractivity contribution is 5.95. The summed E-state index contributed by atoms with van der Waals surface area (Å²) in [6.07, 6.45) is 2.80. The zero-order valence-electron chi connectivity index (χ0n) is 16.5. The summed E-state index contributed by atoms with van der Waals surface area (Å²) in [6.45, 7) is 3.28. The average Bonchev–Trinajstić information content (AvgIpc) is 3.16. The summed E-state index contributed by atoms with van der Waals surface area (Å²) < 4.78 is 2.83. The molecule has 0 aliphatic rings. The molecule has 0 saturated carbocycles. The quantitative estimate of drug-likeness (QED) is 0.519. The number of ketones is 1. The molecule has 0 atom stereocenters. The number of hydrogen-bond donors (Lipinski definition) is 1. The Kier molecular flexibility index (Phi) is 4.97. The number of aromatic nitrogens is 4. The van der Waals surface area contributed by atoms with Crippen molar-refractivity contribution in [2.75, 3.05) is 5.32 Å². The molecule has 4 rings (SSSR count). The molecule has 0 bridgehead atoms. The molecule has 0 aliphatic heterocycles. The van der Waals surface area contributed by atoms with Gasteiger partial charge in [-0.15, -0.1) is 0 Å². The van der Waals surface area contributed by atoms with Crippen LogP contribution in [-0.2, 0) is 11.3 Å². The fourth-order valence-electron chi connectivity index (χ4n) is 3.08. The van der Waals surface area contributed by atoms with Crippen LogP contribution in [0.5, 0.6) is 0 Å². The second-order valence-corrected chi connectivity index (χ2v) is 6.99. The van der Waals surface area contributed by atoms with Gasteiger partial charge in [-0.05, 0) is 50.2 Å². The van der Waals surface area contributed by atoms with E-state index in [0.717, 1.165) is 11.3 Å². The van der Waals surface area contributed by atoms with Crippen molar-refractivity contribution in [1.29, 1.82) is 0 Å². The van der Waals surface area contributed by atoms with Crippen molar-refractivity contribution in [1.82, 2.24) is 19.3 Å². The van der Waals surface area contributed by atoms with Crippen molar-refractivity contribution in [2.45, 2.75) is 20.4 Å². The highest BCUT2D eigenvalue weighted by atomic mass is 16.2. The summed E-state index contributed by atoms with van der Waals surface area (Å²) in [7, 11) is 0. The summed E-state index contributed by atoms with van der Waals surface area (Å²) in [5.74, 6) is -0.426. The van der Waals surface area contributed by atoms with Gasteiger partial charge in [0.2, 0.25) is 5.91 Å². The predicted molar refractivity (Wildman–Crippen MR) is 113 cm³/mol. The topological polar surface area (TPSA) is 98.9 Å². The van der Waals surface area contributed by atoms with E-state index in [9.17, 15) is 14.4 Å². The van der Waals surface area contributed by atoms with Crippen LogP contribution in [0.1, 0.15) is 22.8 Å². The molecule has 2 aromatic heterocycles. The van der Waals surface area contributed by atoms with Crippen LogP contribution >= 0.6 is 0 Å². The van der Waals surface area contributed by atoms with Crippen LogP contribution in [0.15, 0.2) is 65.8 Å². The second kappa shape index (κ2) is 7.75. The lowest BCUT2D eigenvalue weighted by Gasteiger charge is -2.08. The number of nitrogens with zero attached hydrogens (tertiary/aromatic N) is 4. The van der Waals surface area contributed by atoms with E-state index in [1.807, 2.05) is 31.2 Å². The minimum atomic E-state index is -0.375. The fraction of sp³-hybridized carbons (Fsp3) is 0.136. The molecule has 2 heterocycles. The highest BCUT2D eigenvalue weighted by Crippen LogP contribution is 2.14. The van der Waals surface area contributed by atoms with Gasteiger partial charge in [-0.25, -0.2) is 9.67 Å². The van der Waals surface area contributed by atoms with E-state index in [0.29, 0.717) is 22.3 Å². The van der Waals surface area contributed by atoms with Gasteiger partial charge in [-0.2, -0.15) is 5.10 Å². The molecular formula is C22H19N5O3. The first kappa shape index (κ1) is 19.3. The number of aryl methyl sites for hydroxylation is 1. The molecule has 0 saturated heterocycles. The summed E-state index contributed by atoms with van der Waals surface area (Å²) in [6, 6.07) is 14.3. The molecule has 0 spiro atoms. The number of anilines is 1. The lowest BCUT2D eigenvalue weighted by atomic mass is 10.1. The van der Waals surface area contributed by atoms with Gasteiger partial charge in [0.25, 0.3) is 5.56 Å². The number of carbonyl (C=O) groups is 2. The highest BCUT2D eigenvalue weighted by Gasteiger charge is 2.13. The van der Waals surface area contributed by atoms with Crippen LogP contribution in [0.3, 0.4) is 0 Å². The van der Waals surface area contributed by atoms with Crippen molar-refractivity contribution in [3.63, 3.8) is 0 Å². The van der Waals surface area contributed by atoms with Crippen LogP contribution in [0.4, 0.5) is 5.69 Å². The Hall–Kier alpha value is -4.07. The minimum absolute atomic E-state index is 0.0509. The number of nitrogens with one attached hydrogen (secondary N) is 1. The summed E-state index contributed by atoms with van der Waals surface area (Å²) in [4.78, 5) is 40.8. The SMILES string of the molecule is CC(=O)c1ccc(NC(=O)Cn2cnc3c(cnn3-c3ccc(C)cc3)c2=O)cc1. The van der Waals surface area contributed by atoms with E-state index in [1.165, 1.54) is 24.0 Å². The van der Waals surface area contributed by atoms with Crippen LogP contribution in [0, 0.1) is 6.92 Å². The molecule has 4 aromatic rings. The first-order valence-electron chi connectivity index (χ1n) is 9.33. The van der Waals surface area contributed by atoms with E-state index >= 15 is 0 Å². The summed E-state index contributed by atoms with van der Waals surface area (Å²) >= 11 is 0. The third-order valence-electron chi connectivity index (χ3n) is 4.72. The monoisotopic (exact) mass is 401 g/mol. The van der Waals surface area contributed by atoms with Gasteiger partial charge in [0, 0.05) is 11.3 Å². The van der Waals surface area contributed by atoms with Gasteiger partial charge in [0.1, 0.15) is 18.3 Å². The predicted octanol–water partition coefficient (Wildman–Crippen LogP) is 2.73. The third-order valence-corrected chi connectivity index (χ3v) is 4.72. The van der Waals surface area contributed by atoms with Gasteiger partial charge in [-0.3, -0.25) is 19.0 Å². The Labute approximate surface area is 171 Å². The maximum absolute atomic E-state index is 12.8. The Morgan fingerprint density at radius 2 is 1.73 bits per heavy atom. The number of rotatable bonds is 5. The van der Waals surface area contributed by atoms with E-state index in [1.54, 1.807) is 28.9 Å². The number of Topliss-reactive ketones (excluding diaryl/α,β-unsaturated/α-hetero) is 1. The Balaban J connectivity index is 1.55. The van der Waals surface area contributed by atoms with E-state index in [2.05, 4.69) is 15.4 Å². The lowest BCUT2D eigenvalue weighted by molar-refractivity contribution is -0.116. The Bertz CT molecular complexity index is 1300. The van der Waals surface area contributed by atoms with Gasteiger partial charge in [-0.1, -0.05) is 17.7 Å². The number of benzene rings is 2. The molecule has 30 heavy (non-hydrogen) atoms. The molecule has 1 N–H and O–H groups in total. The van der Waals surface area contributed by atoms with Crippen molar-refractivity contribution in [3.8, 4) is 5.69 Å². The Morgan fingerprint density at radius 1 is 1.03 bits per heavy atom. The number of fused-ring (bicyclic) bond motifs is 1. The van der Waals surface area contributed by atoms with Gasteiger partial charge in [0.05, 0.1) is 11.9 Å². The van der Waals surface area contributed by atoms with Crippen molar-refractivity contribution < 1.29 is 9.59 Å². The molecule has 0 fully saturated rings. The molecule has 2 aromatic carbocycles. The first-order chi connectivity index (χ1) is 14.4. The molecule has 1 amide bonds. The second-order valence-electron chi connectivity index (χ2n) is 6.99. The van der Waals surface area contributed by atoms with Crippen LogP contribution in [0.2, 0.25) is 0 Å². The molecule has 0 unspecified atom stereocenters. The van der Waals surface area contributed by atoms with Crippen molar-refractivity contribution in [2.24, 2.45) is 0 Å². The van der Waals surface area contributed by atoms with E-state index < -0.39 is 0 Å². The zero-order valence-corrected chi connectivity index (χ0v) is 16.5. The average molecular weight is 401 g/mol. The van der Waals surface area contributed by atoms with Crippen molar-refractivity contribution >= 4 is 28.4 Å². The standard InChI is InChI=1S/C22H19N5O3/c1-14-3-9-18(10-4-14)27-21-19(11-24-27)22(30)26(13-23-21)12-20(29)25-17-7-5-16(6-8-17)15(2)28/h3-11,13H,12H2,1-2H3,(H,25,29). The van der Waals surface area contributed by atoms with E-state index in [-0.39, 0.29) is 23.8 Å². The number of carbonyl (C=O) groups excluding carboxylic acids is 2. The molecule has 8 nitrogen and oxygen atoms in total. The maximum atomic E-state index is 12.8. The first-order valence-corrected chi connectivity index (χ1v) is 9.33. The minimum Gasteiger partial charge on any atom is -0.325 e. The third kappa shape index (κ3) is 3.75. The van der Waals surface area contributed by atoms with Gasteiger partial charge < -0.3 is 5.32 Å². The van der Waals surface area contributed by atoms with Crippen LogP contribution < -0.4 is 10.9 Å². The number of amides is 1. The molecule has 8 heteroatoms. The molecule has 0 radical (unpaired) electrons. The van der Waals surface area contributed by atoms with Crippen LogP contribution in [-0.4, -0.2) is 31.0 Å². The smallest absolute Gasteiger partial charge is 0.264 e. The van der Waals surface area contributed by atoms with Crippen LogP contribution in [0.25, 0.3) is 16.7 Å². The van der Waals surface area contributed by atoms with Gasteiger partial charge in [0.15, 0.2) is 11.4 Å². The normalized spacial score (nSPS) is 10.9. The lowest BCUT2D eigenvalue weighted by Crippen LogP contribution is -2.27. The summed E-state index contributed by atoms with van der Waals surface area (Å²) in [5.41, 5.74) is 3.10.